The summed E-state index contributed by atoms with van der Waals surface area (Å²) in [4.78, 5) is 7.91. The zero-order chi connectivity index (χ0) is 19.3. The molecule has 0 bridgehead atoms. The van der Waals surface area contributed by atoms with Crippen molar-refractivity contribution in [3.63, 3.8) is 0 Å². The van der Waals surface area contributed by atoms with Crippen LogP contribution in [0.2, 0.25) is 0 Å². The van der Waals surface area contributed by atoms with E-state index in [0.29, 0.717) is 5.92 Å². The Labute approximate surface area is 166 Å². The van der Waals surface area contributed by atoms with Crippen molar-refractivity contribution in [3.8, 4) is 0 Å². The number of aromatic nitrogens is 2. The molecule has 0 saturated carbocycles. The minimum atomic E-state index is 0.702. The molecule has 4 heteroatoms. The number of pyridine rings is 1. The van der Waals surface area contributed by atoms with E-state index in [1.54, 1.807) is 0 Å². The minimum absolute atomic E-state index is 0.702. The van der Waals surface area contributed by atoms with E-state index in [1.807, 2.05) is 6.20 Å². The molecule has 4 rings (SSSR count). The number of nitrogens with one attached hydrogen (secondary N) is 3. The number of nitrogens with zero attached hydrogens (tertiary/aromatic N) is 1. The fourth-order valence-corrected chi connectivity index (χ4v) is 3.59. The summed E-state index contributed by atoms with van der Waals surface area (Å²) in [5.74, 6) is 0.702. The zero-order valence-electron chi connectivity index (χ0n) is 16.6. The van der Waals surface area contributed by atoms with E-state index in [1.165, 1.54) is 21.9 Å². The van der Waals surface area contributed by atoms with Gasteiger partial charge >= 0.3 is 0 Å². The molecule has 0 aliphatic heterocycles. The van der Waals surface area contributed by atoms with Crippen molar-refractivity contribution in [2.75, 3.05) is 23.7 Å². The molecule has 0 fully saturated rings. The molecule has 0 amide bonds. The second kappa shape index (κ2) is 8.34. The number of hydrogen-bond donors (Lipinski definition) is 3. The highest BCUT2D eigenvalue weighted by Crippen LogP contribution is 2.25. The van der Waals surface area contributed by atoms with Crippen molar-refractivity contribution in [2.24, 2.45) is 5.92 Å². The Morgan fingerprint density at radius 3 is 2.75 bits per heavy atom. The lowest BCUT2D eigenvalue weighted by Crippen LogP contribution is -2.06. The van der Waals surface area contributed by atoms with E-state index in [4.69, 9.17) is 0 Å². The standard InChI is InChI=1S/C24H28N4/c1-17(2)9-12-26-23-11-14-27-24-15-19(7-8-21(23)24)25-13-10-18-16-28-22-6-4-3-5-20(18)22/h3-8,11,14-17,25,28H,9-10,12-13H2,1-2H3,(H,26,27). The van der Waals surface area contributed by atoms with Gasteiger partial charge in [-0.3, -0.25) is 4.98 Å². The molecular weight excluding hydrogens is 344 g/mol. The van der Waals surface area contributed by atoms with Crippen molar-refractivity contribution in [1.29, 1.82) is 0 Å². The smallest absolute Gasteiger partial charge is 0.0743 e. The molecule has 4 nitrogen and oxygen atoms in total. The molecule has 3 N–H and O–H groups in total. The largest absolute Gasteiger partial charge is 0.385 e. The molecule has 0 unspecified atom stereocenters. The van der Waals surface area contributed by atoms with Crippen LogP contribution in [-0.2, 0) is 6.42 Å². The van der Waals surface area contributed by atoms with Crippen molar-refractivity contribution >= 4 is 33.2 Å². The second-order valence-corrected chi connectivity index (χ2v) is 7.74. The molecule has 0 aliphatic carbocycles. The van der Waals surface area contributed by atoms with E-state index >= 15 is 0 Å². The van der Waals surface area contributed by atoms with Gasteiger partial charge in [0.15, 0.2) is 0 Å². The van der Waals surface area contributed by atoms with E-state index < -0.39 is 0 Å². The third kappa shape index (κ3) is 4.11. The summed E-state index contributed by atoms with van der Waals surface area (Å²) in [5, 5.41) is 9.58. The first kappa shape index (κ1) is 18.4. The van der Waals surface area contributed by atoms with E-state index in [-0.39, 0.29) is 0 Å². The monoisotopic (exact) mass is 372 g/mol. The first-order valence-electron chi connectivity index (χ1n) is 10.1. The molecule has 2 heterocycles. The Balaban J connectivity index is 1.42. The molecule has 0 radical (unpaired) electrons. The number of H-pyrrole nitrogens is 1. The second-order valence-electron chi connectivity index (χ2n) is 7.74. The molecule has 2 aromatic carbocycles. The highest BCUT2D eigenvalue weighted by molar-refractivity contribution is 5.93. The summed E-state index contributed by atoms with van der Waals surface area (Å²) in [6.07, 6.45) is 6.14. The highest BCUT2D eigenvalue weighted by Gasteiger charge is 2.05. The Kier molecular flexibility index (Phi) is 5.47. The summed E-state index contributed by atoms with van der Waals surface area (Å²) < 4.78 is 0. The third-order valence-electron chi connectivity index (χ3n) is 5.18. The Hall–Kier alpha value is -3.01. The van der Waals surface area contributed by atoms with Crippen LogP contribution in [0.25, 0.3) is 21.8 Å². The molecule has 144 valence electrons. The van der Waals surface area contributed by atoms with Crippen molar-refractivity contribution in [2.45, 2.75) is 26.7 Å². The van der Waals surface area contributed by atoms with Gasteiger partial charge in [0.05, 0.1) is 5.52 Å². The van der Waals surface area contributed by atoms with Crippen molar-refractivity contribution in [1.82, 2.24) is 9.97 Å². The van der Waals surface area contributed by atoms with Gasteiger partial charge in [0.25, 0.3) is 0 Å². The van der Waals surface area contributed by atoms with Crippen LogP contribution in [0.5, 0.6) is 0 Å². The van der Waals surface area contributed by atoms with Crippen LogP contribution in [0.1, 0.15) is 25.8 Å². The summed E-state index contributed by atoms with van der Waals surface area (Å²) in [5.41, 5.74) is 5.84. The normalized spacial score (nSPS) is 11.4. The first-order valence-corrected chi connectivity index (χ1v) is 10.1. The van der Waals surface area contributed by atoms with Gasteiger partial charge in [-0.25, -0.2) is 0 Å². The summed E-state index contributed by atoms with van der Waals surface area (Å²) >= 11 is 0. The van der Waals surface area contributed by atoms with Gasteiger partial charge < -0.3 is 15.6 Å². The zero-order valence-corrected chi connectivity index (χ0v) is 16.6. The van der Waals surface area contributed by atoms with Crippen molar-refractivity contribution < 1.29 is 0 Å². The molecule has 28 heavy (non-hydrogen) atoms. The molecule has 0 aliphatic rings. The number of benzene rings is 2. The van der Waals surface area contributed by atoms with Gasteiger partial charge in [-0.15, -0.1) is 0 Å². The van der Waals surface area contributed by atoms with Gasteiger partial charge in [0.1, 0.15) is 0 Å². The third-order valence-corrected chi connectivity index (χ3v) is 5.18. The summed E-state index contributed by atoms with van der Waals surface area (Å²) in [7, 11) is 0. The lowest BCUT2D eigenvalue weighted by Gasteiger charge is -2.12. The fourth-order valence-electron chi connectivity index (χ4n) is 3.59. The van der Waals surface area contributed by atoms with Crippen LogP contribution in [0, 0.1) is 5.92 Å². The van der Waals surface area contributed by atoms with Gasteiger partial charge in [-0.1, -0.05) is 32.0 Å². The number of fused-ring (bicyclic) bond motifs is 2. The lowest BCUT2D eigenvalue weighted by molar-refractivity contribution is 0.607. The van der Waals surface area contributed by atoms with Crippen LogP contribution in [-0.4, -0.2) is 23.1 Å². The molecule has 0 saturated heterocycles. The minimum Gasteiger partial charge on any atom is -0.385 e. The number of anilines is 2. The topological polar surface area (TPSA) is 52.7 Å². The van der Waals surface area contributed by atoms with Crippen LogP contribution in [0.3, 0.4) is 0 Å². The van der Waals surface area contributed by atoms with Gasteiger partial charge in [-0.05, 0) is 54.7 Å². The average molecular weight is 373 g/mol. The van der Waals surface area contributed by atoms with Gasteiger partial charge in [0, 0.05) is 53.1 Å². The fraction of sp³-hybridized carbons (Fsp3) is 0.292. The Bertz CT molecular complexity index is 1060. The van der Waals surface area contributed by atoms with Crippen LogP contribution in [0.15, 0.2) is 60.9 Å². The van der Waals surface area contributed by atoms with E-state index in [0.717, 1.165) is 42.8 Å². The SMILES string of the molecule is CC(C)CCNc1ccnc2cc(NCCc3c[nH]c4ccccc34)ccc12. The predicted octanol–water partition coefficient (Wildman–Crippen LogP) is 5.83. The summed E-state index contributed by atoms with van der Waals surface area (Å²) in [6, 6.07) is 17.0. The summed E-state index contributed by atoms with van der Waals surface area (Å²) in [6.45, 7) is 6.38. The van der Waals surface area contributed by atoms with Crippen LogP contribution >= 0.6 is 0 Å². The lowest BCUT2D eigenvalue weighted by atomic mass is 10.1. The molecule has 2 aromatic heterocycles. The van der Waals surface area contributed by atoms with Crippen LogP contribution in [0.4, 0.5) is 11.4 Å². The number of aromatic amines is 1. The predicted molar refractivity (Wildman–Crippen MR) is 120 cm³/mol. The van der Waals surface area contributed by atoms with Crippen molar-refractivity contribution in [3.05, 3.63) is 66.5 Å². The highest BCUT2D eigenvalue weighted by atomic mass is 14.9. The maximum Gasteiger partial charge on any atom is 0.0743 e. The number of para-hydroxylation sites is 1. The Morgan fingerprint density at radius 2 is 1.86 bits per heavy atom. The first-order chi connectivity index (χ1) is 13.7. The van der Waals surface area contributed by atoms with E-state index in [2.05, 4.69) is 89.2 Å². The molecular formula is C24H28N4. The molecule has 0 atom stereocenters. The maximum absolute atomic E-state index is 4.56. The number of hydrogen-bond acceptors (Lipinski definition) is 3. The maximum atomic E-state index is 4.56. The van der Waals surface area contributed by atoms with E-state index in [9.17, 15) is 0 Å². The quantitative estimate of drug-likeness (QED) is 0.365. The Morgan fingerprint density at radius 1 is 0.964 bits per heavy atom. The van der Waals surface area contributed by atoms with Gasteiger partial charge in [-0.2, -0.15) is 0 Å². The molecule has 4 aromatic rings. The molecule has 0 spiro atoms. The van der Waals surface area contributed by atoms with Gasteiger partial charge in [0.2, 0.25) is 0 Å². The number of rotatable bonds is 8. The average Bonchev–Trinajstić information content (AvgIpc) is 3.11. The van der Waals surface area contributed by atoms with Crippen LogP contribution < -0.4 is 10.6 Å².